The summed E-state index contributed by atoms with van der Waals surface area (Å²) >= 11 is 0. The lowest BCUT2D eigenvalue weighted by atomic mass is 9.33. The zero-order valence-corrected chi connectivity index (χ0v) is 47.5. The number of carboxylic acids is 2. The first-order valence-electron chi connectivity index (χ1n) is 28.7. The van der Waals surface area contributed by atoms with Crippen LogP contribution in [0.4, 0.5) is 0 Å². The van der Waals surface area contributed by atoms with Gasteiger partial charge in [0.1, 0.15) is 10.8 Å². The molecule has 0 aromatic heterocycles. The van der Waals surface area contributed by atoms with Gasteiger partial charge in [0.25, 0.3) is 0 Å². The van der Waals surface area contributed by atoms with Crippen LogP contribution in [0.3, 0.4) is 0 Å². The second-order valence-electron chi connectivity index (χ2n) is 30.0. The molecule has 10 aliphatic carbocycles. The predicted octanol–water partition coefficient (Wildman–Crippen LogP) is 13.1. The van der Waals surface area contributed by atoms with Crippen molar-refractivity contribution < 1.29 is 44.2 Å². The van der Waals surface area contributed by atoms with Gasteiger partial charge in [-0.3, -0.25) is 9.59 Å². The van der Waals surface area contributed by atoms with E-state index in [9.17, 15) is 30.0 Å². The first-order valence-corrected chi connectivity index (χ1v) is 28.7. The van der Waals surface area contributed by atoms with E-state index in [1.165, 1.54) is 36.8 Å². The molecule has 10 aliphatic rings. The van der Waals surface area contributed by atoms with Crippen molar-refractivity contribution in [3.63, 3.8) is 0 Å². The van der Waals surface area contributed by atoms with E-state index in [1.807, 2.05) is 7.11 Å². The van der Waals surface area contributed by atoms with Crippen LogP contribution < -0.4 is 0 Å². The van der Waals surface area contributed by atoms with E-state index in [0.717, 1.165) is 77.0 Å². The summed E-state index contributed by atoms with van der Waals surface area (Å²) in [6, 6.07) is 0. The van der Waals surface area contributed by atoms with Gasteiger partial charge in [0.05, 0.1) is 29.5 Å². The number of hydrogen-bond acceptors (Lipinski definition) is 7. The Morgan fingerprint density at radius 1 is 0.507 bits per heavy atom. The summed E-state index contributed by atoms with van der Waals surface area (Å²) in [5.74, 6) is 0.885. The summed E-state index contributed by atoms with van der Waals surface area (Å²) < 4.78 is 18.6. The Morgan fingerprint density at radius 3 is 1.41 bits per heavy atom. The van der Waals surface area contributed by atoms with Gasteiger partial charge in [-0.05, 0) is 214 Å². The fourth-order valence-electron chi connectivity index (χ4n) is 21.8. The van der Waals surface area contributed by atoms with Crippen LogP contribution >= 0.6 is 0 Å². The lowest BCUT2D eigenvalue weighted by molar-refractivity contribution is -0.247. The number of allylic oxidation sites excluding steroid dienone is 4. The van der Waals surface area contributed by atoms with E-state index in [0.29, 0.717) is 36.5 Å². The molecule has 9 nitrogen and oxygen atoms in total. The Kier molecular flexibility index (Phi) is 12.8. The van der Waals surface area contributed by atoms with Crippen LogP contribution in [0.5, 0.6) is 0 Å². The van der Waals surface area contributed by atoms with Crippen LogP contribution in [-0.4, -0.2) is 83.2 Å². The second-order valence-corrected chi connectivity index (χ2v) is 30.0. The Labute approximate surface area is 429 Å². The molecule has 8 unspecified atom stereocenters. The molecule has 402 valence electrons. The molecule has 8 fully saturated rings. The van der Waals surface area contributed by atoms with Gasteiger partial charge >= 0.3 is 11.9 Å². The largest absolute Gasteiger partial charge is 0.481 e. The predicted molar refractivity (Wildman–Crippen MR) is 279 cm³/mol. The molecule has 20 atom stereocenters. The average molecular weight is 989 g/mol. The van der Waals surface area contributed by atoms with E-state index in [4.69, 9.17) is 14.2 Å². The van der Waals surface area contributed by atoms with Crippen LogP contribution in [0.15, 0.2) is 23.3 Å². The Hall–Kier alpha value is -1.78. The number of carbonyl (C=O) groups is 2. The van der Waals surface area contributed by atoms with Gasteiger partial charge in [-0.25, -0.2) is 0 Å². The fourth-order valence-corrected chi connectivity index (χ4v) is 21.8. The number of aliphatic hydroxyl groups is 2. The normalized spacial score (nSPS) is 54.4. The topological polar surface area (TPSA) is 143 Å². The van der Waals surface area contributed by atoms with Gasteiger partial charge in [-0.15, -0.1) is 0 Å². The Balaban J connectivity index is 0.000000176. The minimum Gasteiger partial charge on any atom is -0.481 e. The van der Waals surface area contributed by atoms with Gasteiger partial charge in [0, 0.05) is 21.3 Å². The lowest BCUT2D eigenvalue weighted by Gasteiger charge is -2.71. The standard InChI is InChI=1S/C32H52O4.C30H48O5/c1-20-12-14-28(4)23-11-10-21-22-18-27(2,3)16-17-32(22,26(33)34)25(35-8)19-30(21,6)29(23,5)15-13-24(28)31(20,7)36-9;1-25(2)14-15-30(24(33)34)19(16-25)18-8-9-20-26(3)12-11-22(31)29(6,35-7)21(26)10-13-27(20,4)28(18,5)17-23(30)32/h10,20,22-25H,11-19H2,1-9H3,(H,33,34);8,19-23,31-32H,9-17H2,1-7H3,(H,33,34)/t20-,22?,23?,24+,25?,28?,29-,30+,31-,32+;19?,20?,21-,22+,23?,26?,27+,28-,29-,30-/m01/s1. The fraction of sp³-hybridized carbons (Fsp3) is 0.903. The van der Waals surface area contributed by atoms with Gasteiger partial charge in [-0.2, -0.15) is 0 Å². The third-order valence-corrected chi connectivity index (χ3v) is 26.9. The van der Waals surface area contributed by atoms with Crippen LogP contribution in [0.25, 0.3) is 0 Å². The number of fused-ring (bicyclic) bond motifs is 14. The summed E-state index contributed by atoms with van der Waals surface area (Å²) in [6.45, 7) is 30.9. The highest BCUT2D eigenvalue weighted by molar-refractivity contribution is 5.78. The van der Waals surface area contributed by atoms with Crippen LogP contribution in [-0.2, 0) is 23.8 Å². The third-order valence-electron chi connectivity index (χ3n) is 26.9. The third kappa shape index (κ3) is 6.90. The molecule has 0 spiro atoms. The van der Waals surface area contributed by atoms with Crippen LogP contribution in [0, 0.1) is 95.6 Å². The number of carboxylic acid groups (broad SMARTS) is 2. The summed E-state index contributed by atoms with van der Waals surface area (Å²) in [5, 5.41) is 43.9. The maximum atomic E-state index is 13.1. The van der Waals surface area contributed by atoms with E-state index in [-0.39, 0.29) is 72.8 Å². The zero-order valence-electron chi connectivity index (χ0n) is 47.5. The summed E-state index contributed by atoms with van der Waals surface area (Å²) in [4.78, 5) is 25.9. The van der Waals surface area contributed by atoms with E-state index < -0.39 is 40.6 Å². The molecular weight excluding hydrogens is 889 g/mol. The maximum absolute atomic E-state index is 13.1. The molecule has 71 heavy (non-hydrogen) atoms. The molecule has 0 aromatic rings. The molecule has 0 saturated heterocycles. The number of aliphatic carboxylic acids is 2. The second kappa shape index (κ2) is 16.9. The van der Waals surface area contributed by atoms with Crippen molar-refractivity contribution >= 4 is 11.9 Å². The molecule has 4 N–H and O–H groups in total. The molecule has 9 heteroatoms. The summed E-state index contributed by atoms with van der Waals surface area (Å²) in [6.07, 6.45) is 20.3. The molecule has 0 aromatic carbocycles. The van der Waals surface area contributed by atoms with Crippen molar-refractivity contribution in [3.8, 4) is 0 Å². The molecule has 0 amide bonds. The summed E-state index contributed by atoms with van der Waals surface area (Å²) in [7, 11) is 5.44. The van der Waals surface area contributed by atoms with Crippen molar-refractivity contribution in [2.24, 2.45) is 95.6 Å². The molecule has 0 heterocycles. The zero-order chi connectivity index (χ0) is 52.3. The number of ether oxygens (including phenoxy) is 3. The number of hydrogen-bond donors (Lipinski definition) is 4. The van der Waals surface area contributed by atoms with Crippen LogP contribution in [0.1, 0.15) is 206 Å². The highest BCUT2D eigenvalue weighted by atomic mass is 16.5. The number of methoxy groups -OCH3 is 3. The molecule has 8 saturated carbocycles. The lowest BCUT2D eigenvalue weighted by Crippen LogP contribution is -2.69. The molecule has 10 rings (SSSR count). The molecule has 0 aliphatic heterocycles. The Morgan fingerprint density at radius 2 is 0.944 bits per heavy atom. The molecule has 0 radical (unpaired) electrons. The summed E-state index contributed by atoms with van der Waals surface area (Å²) in [5.41, 5.74) is 0.598. The van der Waals surface area contributed by atoms with Crippen molar-refractivity contribution in [2.75, 3.05) is 21.3 Å². The molecular formula is C62H100O9. The van der Waals surface area contributed by atoms with Crippen molar-refractivity contribution in [1.29, 1.82) is 0 Å². The van der Waals surface area contributed by atoms with Gasteiger partial charge < -0.3 is 34.6 Å². The number of aliphatic hydroxyl groups excluding tert-OH is 2. The van der Waals surface area contributed by atoms with Gasteiger partial charge in [0.2, 0.25) is 0 Å². The first-order chi connectivity index (χ1) is 32.8. The van der Waals surface area contributed by atoms with Crippen molar-refractivity contribution in [3.05, 3.63) is 23.3 Å². The van der Waals surface area contributed by atoms with Gasteiger partial charge in [-0.1, -0.05) is 99.5 Å². The highest BCUT2D eigenvalue weighted by Gasteiger charge is 2.74. The Bertz CT molecular complexity index is 2200. The minimum absolute atomic E-state index is 0.0279. The van der Waals surface area contributed by atoms with E-state index in [1.54, 1.807) is 14.2 Å². The van der Waals surface area contributed by atoms with Gasteiger partial charge in [0.15, 0.2) is 0 Å². The van der Waals surface area contributed by atoms with Crippen molar-refractivity contribution in [2.45, 2.75) is 235 Å². The minimum atomic E-state index is -1.06. The van der Waals surface area contributed by atoms with Crippen molar-refractivity contribution in [1.82, 2.24) is 0 Å². The maximum Gasteiger partial charge on any atom is 0.312 e. The van der Waals surface area contributed by atoms with E-state index in [2.05, 4.69) is 102 Å². The first kappa shape index (κ1) is 54.0. The SMILES string of the molecule is COC1C[C@]2(C)C(=CCC3C4(C)CC[C@H](C)[C@](C)(OC)[C@@H]4CC[C@@]32C)C2CC(C)(C)CC[C@]12C(=O)O.CO[C@]1(C)[C@@H]2CC[C@@]3(C)C(CC=C4C5CC(C)(C)CC[C@]5(C(=O)O)C(O)C[C@]43C)C2(C)CC[C@@H]1O. The highest BCUT2D eigenvalue weighted by Crippen LogP contribution is 2.78. The smallest absolute Gasteiger partial charge is 0.312 e. The van der Waals surface area contributed by atoms with Crippen LogP contribution in [0.2, 0.25) is 0 Å². The molecule has 0 bridgehead atoms. The number of rotatable bonds is 5. The monoisotopic (exact) mass is 989 g/mol. The quantitative estimate of drug-likeness (QED) is 0.198. The van der Waals surface area contributed by atoms with E-state index >= 15 is 0 Å². The average Bonchev–Trinajstić information content (AvgIpc) is 3.29.